The maximum Gasteiger partial charge on any atom is 0.338 e. The molecule has 1 aromatic carbocycles. The summed E-state index contributed by atoms with van der Waals surface area (Å²) in [7, 11) is 1.26. The number of halogens is 1. The van der Waals surface area contributed by atoms with E-state index in [1.165, 1.54) is 31.4 Å². The molecule has 2 rings (SSSR count). The molecule has 1 aliphatic rings. The molecular weight excluding hydrogens is 267 g/mol. The van der Waals surface area contributed by atoms with E-state index in [4.69, 9.17) is 9.47 Å². The summed E-state index contributed by atoms with van der Waals surface area (Å²) in [6, 6.07) is 6.03. The minimum atomic E-state index is -1.27. The van der Waals surface area contributed by atoms with Gasteiger partial charge in [0, 0.05) is 12.7 Å². The van der Waals surface area contributed by atoms with E-state index in [1.54, 1.807) is 12.1 Å². The van der Waals surface area contributed by atoms with Crippen molar-refractivity contribution in [2.75, 3.05) is 7.11 Å². The predicted molar refractivity (Wildman–Crippen MR) is 68.1 cm³/mol. The Balaban J connectivity index is 2.08. The van der Waals surface area contributed by atoms with Crippen molar-refractivity contribution in [2.24, 2.45) is 0 Å². The fourth-order valence-electron chi connectivity index (χ4n) is 2.01. The van der Waals surface area contributed by atoms with Gasteiger partial charge in [-0.1, -0.05) is 30.4 Å². The largest absolute Gasteiger partial charge is 0.454 e. The van der Waals surface area contributed by atoms with Crippen LogP contribution in [0.5, 0.6) is 0 Å². The zero-order valence-electron chi connectivity index (χ0n) is 10.8. The lowest BCUT2D eigenvalue weighted by Gasteiger charge is -2.17. The van der Waals surface area contributed by atoms with Crippen molar-refractivity contribution in [1.82, 2.24) is 0 Å². The highest BCUT2D eigenvalue weighted by Gasteiger charge is 2.46. The summed E-state index contributed by atoms with van der Waals surface area (Å²) < 4.78 is 23.0. The lowest BCUT2D eigenvalue weighted by Crippen LogP contribution is -2.38. The van der Waals surface area contributed by atoms with Crippen molar-refractivity contribution in [3.8, 4) is 0 Å². The first-order chi connectivity index (χ1) is 9.54. The van der Waals surface area contributed by atoms with Gasteiger partial charge in [0.2, 0.25) is 0 Å². The van der Waals surface area contributed by atoms with Crippen LogP contribution in [0, 0.1) is 5.82 Å². The van der Waals surface area contributed by atoms with Crippen LogP contribution in [0.15, 0.2) is 30.3 Å². The molecule has 1 saturated heterocycles. The molecular formula is C14H15FO5. The third kappa shape index (κ3) is 2.87. The second-order valence-electron chi connectivity index (χ2n) is 4.42. The molecule has 0 saturated carbocycles. The van der Waals surface area contributed by atoms with Gasteiger partial charge in [-0.3, -0.25) is 0 Å². The Labute approximate surface area is 115 Å². The van der Waals surface area contributed by atoms with Gasteiger partial charge in [-0.15, -0.1) is 0 Å². The number of carbonyl (C=O) groups excluding carboxylic acids is 1. The highest BCUT2D eigenvalue weighted by atomic mass is 19.1. The van der Waals surface area contributed by atoms with Gasteiger partial charge in [0.15, 0.2) is 12.2 Å². The Hall–Kier alpha value is -1.76. The van der Waals surface area contributed by atoms with E-state index in [0.29, 0.717) is 0 Å². The molecule has 2 N–H and O–H groups in total. The van der Waals surface area contributed by atoms with Gasteiger partial charge < -0.3 is 19.7 Å². The quantitative estimate of drug-likeness (QED) is 0.787. The van der Waals surface area contributed by atoms with Gasteiger partial charge in [-0.05, 0) is 6.07 Å². The normalized spacial score (nSPS) is 27.8. The predicted octanol–water partition coefficient (Wildman–Crippen LogP) is 0.501. The third-order valence-corrected chi connectivity index (χ3v) is 3.10. The number of hydrogen-bond acceptors (Lipinski definition) is 5. The SMILES string of the molecule is CO[C@H]1C(=O)OC([C@H](O)/C=C/c2ccccc2F)C1O. The van der Waals surface area contributed by atoms with Crippen LogP contribution >= 0.6 is 0 Å². The Morgan fingerprint density at radius 2 is 2.15 bits per heavy atom. The topological polar surface area (TPSA) is 76.0 Å². The number of carbonyl (C=O) groups is 1. The molecule has 108 valence electrons. The average molecular weight is 282 g/mol. The number of aliphatic hydroxyl groups excluding tert-OH is 2. The van der Waals surface area contributed by atoms with Gasteiger partial charge >= 0.3 is 5.97 Å². The minimum absolute atomic E-state index is 0.286. The standard InChI is InChI=1S/C14H15FO5/c1-19-13-11(17)12(20-14(13)18)10(16)7-6-8-4-2-3-5-9(8)15/h2-7,10-13,16-17H,1H3/b7-6+/t10-,11?,12?,13-/m1/s1. The van der Waals surface area contributed by atoms with Crippen LogP contribution in [-0.2, 0) is 14.3 Å². The molecule has 6 heteroatoms. The van der Waals surface area contributed by atoms with Gasteiger partial charge in [-0.25, -0.2) is 9.18 Å². The number of benzene rings is 1. The molecule has 1 aliphatic heterocycles. The average Bonchev–Trinajstić information content (AvgIpc) is 2.72. The first-order valence-corrected chi connectivity index (χ1v) is 6.06. The molecule has 0 bridgehead atoms. The van der Waals surface area contributed by atoms with Gasteiger partial charge in [0.1, 0.15) is 18.0 Å². The molecule has 0 amide bonds. The summed E-state index contributed by atoms with van der Waals surface area (Å²) in [6.45, 7) is 0. The Morgan fingerprint density at radius 1 is 1.45 bits per heavy atom. The van der Waals surface area contributed by atoms with E-state index in [1.807, 2.05) is 0 Å². The fraction of sp³-hybridized carbons (Fsp3) is 0.357. The number of rotatable bonds is 4. The van der Waals surface area contributed by atoms with Crippen LogP contribution in [0.2, 0.25) is 0 Å². The number of ether oxygens (including phenoxy) is 2. The lowest BCUT2D eigenvalue weighted by molar-refractivity contribution is -0.150. The number of aliphatic hydroxyl groups is 2. The van der Waals surface area contributed by atoms with Crippen molar-refractivity contribution in [3.63, 3.8) is 0 Å². The number of hydrogen-bond donors (Lipinski definition) is 2. The zero-order chi connectivity index (χ0) is 14.7. The van der Waals surface area contributed by atoms with Gasteiger partial charge in [-0.2, -0.15) is 0 Å². The smallest absolute Gasteiger partial charge is 0.338 e. The van der Waals surface area contributed by atoms with Crippen molar-refractivity contribution in [1.29, 1.82) is 0 Å². The van der Waals surface area contributed by atoms with Crippen LogP contribution in [-0.4, -0.2) is 47.7 Å². The number of cyclic esters (lactones) is 1. The van der Waals surface area contributed by atoms with E-state index < -0.39 is 36.2 Å². The molecule has 2 unspecified atom stereocenters. The molecule has 0 spiro atoms. The van der Waals surface area contributed by atoms with Crippen LogP contribution in [0.4, 0.5) is 4.39 Å². The molecule has 1 heterocycles. The zero-order valence-corrected chi connectivity index (χ0v) is 10.8. The Morgan fingerprint density at radius 3 is 2.75 bits per heavy atom. The van der Waals surface area contributed by atoms with Gasteiger partial charge in [0.25, 0.3) is 0 Å². The number of methoxy groups -OCH3 is 1. The summed E-state index contributed by atoms with van der Waals surface area (Å²) in [6.07, 6.45) is -2.15. The molecule has 4 atom stereocenters. The van der Waals surface area contributed by atoms with Crippen LogP contribution in [0.1, 0.15) is 5.56 Å². The monoisotopic (exact) mass is 282 g/mol. The molecule has 0 aliphatic carbocycles. The second kappa shape index (κ2) is 6.13. The summed E-state index contributed by atoms with van der Waals surface area (Å²) in [4.78, 5) is 11.4. The van der Waals surface area contributed by atoms with Crippen molar-refractivity contribution >= 4 is 12.0 Å². The highest BCUT2D eigenvalue weighted by Crippen LogP contribution is 2.22. The fourth-order valence-corrected chi connectivity index (χ4v) is 2.01. The summed E-state index contributed by atoms with van der Waals surface area (Å²) in [5.41, 5.74) is 0.286. The number of esters is 1. The second-order valence-corrected chi connectivity index (χ2v) is 4.42. The van der Waals surface area contributed by atoms with E-state index in [0.717, 1.165) is 0 Å². The van der Waals surface area contributed by atoms with Gasteiger partial charge in [0.05, 0.1) is 0 Å². The van der Waals surface area contributed by atoms with E-state index >= 15 is 0 Å². The summed E-state index contributed by atoms with van der Waals surface area (Å²) >= 11 is 0. The van der Waals surface area contributed by atoms with E-state index in [-0.39, 0.29) is 5.56 Å². The van der Waals surface area contributed by atoms with Crippen LogP contribution < -0.4 is 0 Å². The van der Waals surface area contributed by atoms with E-state index in [2.05, 4.69) is 0 Å². The highest BCUT2D eigenvalue weighted by molar-refractivity contribution is 5.78. The maximum atomic E-state index is 13.4. The van der Waals surface area contributed by atoms with Crippen molar-refractivity contribution in [3.05, 3.63) is 41.7 Å². The Kier molecular flexibility index (Phi) is 4.49. The molecule has 1 aromatic rings. The molecule has 1 fully saturated rings. The maximum absolute atomic E-state index is 13.4. The summed E-state index contributed by atoms with van der Waals surface area (Å²) in [5.74, 6) is -1.17. The minimum Gasteiger partial charge on any atom is -0.454 e. The summed E-state index contributed by atoms with van der Waals surface area (Å²) in [5, 5.41) is 19.7. The molecule has 0 aromatic heterocycles. The molecule has 20 heavy (non-hydrogen) atoms. The first-order valence-electron chi connectivity index (χ1n) is 6.06. The van der Waals surface area contributed by atoms with Crippen molar-refractivity contribution < 1.29 is 28.9 Å². The van der Waals surface area contributed by atoms with E-state index in [9.17, 15) is 19.4 Å². The molecule has 0 radical (unpaired) electrons. The van der Waals surface area contributed by atoms with Crippen molar-refractivity contribution in [2.45, 2.75) is 24.4 Å². The lowest BCUT2D eigenvalue weighted by atomic mass is 10.0. The Bertz CT molecular complexity index is 516. The van der Waals surface area contributed by atoms with Crippen LogP contribution in [0.3, 0.4) is 0 Å². The molecule has 5 nitrogen and oxygen atoms in total. The first kappa shape index (κ1) is 14.6. The van der Waals surface area contributed by atoms with Crippen LogP contribution in [0.25, 0.3) is 6.08 Å². The third-order valence-electron chi connectivity index (χ3n) is 3.10.